The lowest BCUT2D eigenvalue weighted by molar-refractivity contribution is 0.274. The fourth-order valence-electron chi connectivity index (χ4n) is 1.20. The van der Waals surface area contributed by atoms with E-state index in [0.717, 1.165) is 5.69 Å². The number of pyridine rings is 1. The lowest BCUT2D eigenvalue weighted by atomic mass is 9.85. The van der Waals surface area contributed by atoms with E-state index < -0.39 is 0 Å². The molecule has 0 aliphatic rings. The lowest BCUT2D eigenvalue weighted by Crippen LogP contribution is -2.27. The van der Waals surface area contributed by atoms with Gasteiger partial charge in [-0.2, -0.15) is 0 Å². The number of nitrogens with zero attached hydrogens (tertiary/aromatic N) is 1. The molecule has 0 amide bonds. The minimum atomic E-state index is -0.103. The Kier molecular flexibility index (Phi) is 3.24. The van der Waals surface area contributed by atoms with E-state index in [2.05, 4.69) is 25.8 Å². The fourth-order valence-corrected chi connectivity index (χ4v) is 1.20. The van der Waals surface area contributed by atoms with Crippen LogP contribution in [0.1, 0.15) is 38.2 Å². The van der Waals surface area contributed by atoms with Crippen molar-refractivity contribution in [2.75, 3.05) is 0 Å². The Bertz CT molecular complexity index is 304. The van der Waals surface area contributed by atoms with Crippen LogP contribution in [0.5, 0.6) is 0 Å². The molecule has 0 saturated heterocycles. The molecule has 0 unspecified atom stereocenters. The molecule has 3 N–H and O–H groups in total. The van der Waals surface area contributed by atoms with Crippen LogP contribution in [0.3, 0.4) is 0 Å². The topological polar surface area (TPSA) is 59.1 Å². The summed E-state index contributed by atoms with van der Waals surface area (Å²) < 4.78 is 0. The number of hydrogen-bond acceptors (Lipinski definition) is 3. The molecule has 0 bridgehead atoms. The Hall–Kier alpha value is -0.930. The predicted molar refractivity (Wildman–Crippen MR) is 56.5 cm³/mol. The van der Waals surface area contributed by atoms with Gasteiger partial charge in [-0.15, -0.1) is 0 Å². The molecule has 0 saturated carbocycles. The average molecular weight is 194 g/mol. The van der Waals surface area contributed by atoms with Gasteiger partial charge in [-0.25, -0.2) is 0 Å². The molecule has 1 rings (SSSR count). The number of aromatic nitrogens is 1. The van der Waals surface area contributed by atoms with E-state index in [1.807, 2.05) is 12.1 Å². The molecule has 1 aromatic rings. The molecule has 14 heavy (non-hydrogen) atoms. The van der Waals surface area contributed by atoms with Crippen LogP contribution in [-0.4, -0.2) is 10.1 Å². The minimum Gasteiger partial charge on any atom is -0.390 e. The average Bonchev–Trinajstić information content (AvgIpc) is 2.15. The smallest absolute Gasteiger partial charge is 0.0853 e. The van der Waals surface area contributed by atoms with E-state index in [-0.39, 0.29) is 18.1 Å². The van der Waals surface area contributed by atoms with Crippen molar-refractivity contribution in [1.82, 2.24) is 4.98 Å². The first-order valence-corrected chi connectivity index (χ1v) is 4.77. The van der Waals surface area contributed by atoms with Gasteiger partial charge in [0, 0.05) is 0 Å². The third-order valence-electron chi connectivity index (χ3n) is 2.24. The van der Waals surface area contributed by atoms with E-state index in [0.29, 0.717) is 5.69 Å². The second-order valence-electron chi connectivity index (χ2n) is 4.56. The quantitative estimate of drug-likeness (QED) is 0.752. The summed E-state index contributed by atoms with van der Waals surface area (Å²) in [5.41, 5.74) is 7.54. The Balaban J connectivity index is 2.95. The van der Waals surface area contributed by atoms with Crippen LogP contribution in [0.25, 0.3) is 0 Å². The van der Waals surface area contributed by atoms with Crippen molar-refractivity contribution >= 4 is 0 Å². The predicted octanol–water partition coefficient (Wildman–Crippen LogP) is 1.62. The standard InChI is InChI=1S/C11H18N2O/c1-11(2,3)10(12)9-6-4-5-8(7-14)13-9/h4-6,10,14H,7,12H2,1-3H3/t10-/m1/s1. The maximum atomic E-state index is 8.94. The van der Waals surface area contributed by atoms with Crippen LogP contribution in [-0.2, 0) is 6.61 Å². The Morgan fingerprint density at radius 3 is 2.57 bits per heavy atom. The zero-order chi connectivity index (χ0) is 10.8. The normalized spacial score (nSPS) is 14.1. The molecule has 0 spiro atoms. The first-order valence-electron chi connectivity index (χ1n) is 4.77. The number of aliphatic hydroxyl groups is 1. The number of nitrogens with two attached hydrogens (primary N) is 1. The van der Waals surface area contributed by atoms with Gasteiger partial charge in [-0.1, -0.05) is 26.8 Å². The van der Waals surface area contributed by atoms with Gasteiger partial charge in [0.25, 0.3) is 0 Å². The van der Waals surface area contributed by atoms with E-state index in [4.69, 9.17) is 10.8 Å². The van der Waals surface area contributed by atoms with E-state index >= 15 is 0 Å². The monoisotopic (exact) mass is 194 g/mol. The van der Waals surface area contributed by atoms with Crippen molar-refractivity contribution in [3.05, 3.63) is 29.6 Å². The third kappa shape index (κ3) is 2.53. The Morgan fingerprint density at radius 1 is 1.43 bits per heavy atom. The highest BCUT2D eigenvalue weighted by Gasteiger charge is 2.23. The van der Waals surface area contributed by atoms with Crippen LogP contribution in [0.4, 0.5) is 0 Å². The summed E-state index contributed by atoms with van der Waals surface area (Å²) in [7, 11) is 0. The summed E-state index contributed by atoms with van der Waals surface area (Å²) in [5.74, 6) is 0. The Labute approximate surface area is 85.0 Å². The summed E-state index contributed by atoms with van der Waals surface area (Å²) in [5, 5.41) is 8.94. The van der Waals surface area contributed by atoms with Gasteiger partial charge in [0.2, 0.25) is 0 Å². The summed E-state index contributed by atoms with van der Waals surface area (Å²) in [6.07, 6.45) is 0. The second kappa shape index (κ2) is 4.07. The molecule has 0 aliphatic carbocycles. The van der Waals surface area contributed by atoms with E-state index in [9.17, 15) is 0 Å². The zero-order valence-electron chi connectivity index (χ0n) is 8.99. The molecule has 3 nitrogen and oxygen atoms in total. The van der Waals surface area contributed by atoms with Crippen molar-refractivity contribution in [2.45, 2.75) is 33.4 Å². The van der Waals surface area contributed by atoms with Crippen molar-refractivity contribution in [3.63, 3.8) is 0 Å². The molecule has 1 heterocycles. The highest BCUT2D eigenvalue weighted by molar-refractivity contribution is 5.15. The largest absolute Gasteiger partial charge is 0.390 e. The first kappa shape index (κ1) is 11.1. The van der Waals surface area contributed by atoms with E-state index in [1.54, 1.807) is 6.07 Å². The highest BCUT2D eigenvalue weighted by atomic mass is 16.3. The third-order valence-corrected chi connectivity index (χ3v) is 2.24. The molecular weight excluding hydrogens is 176 g/mol. The molecular formula is C11H18N2O. The van der Waals surface area contributed by atoms with Crippen LogP contribution >= 0.6 is 0 Å². The molecule has 0 radical (unpaired) electrons. The molecule has 0 fully saturated rings. The van der Waals surface area contributed by atoms with Crippen molar-refractivity contribution in [2.24, 2.45) is 11.1 Å². The van der Waals surface area contributed by atoms with Gasteiger partial charge >= 0.3 is 0 Å². The highest BCUT2D eigenvalue weighted by Crippen LogP contribution is 2.29. The van der Waals surface area contributed by atoms with Crippen molar-refractivity contribution in [3.8, 4) is 0 Å². The molecule has 78 valence electrons. The number of aliphatic hydroxyl groups excluding tert-OH is 1. The van der Waals surface area contributed by atoms with Gasteiger partial charge in [0.15, 0.2) is 0 Å². The SMILES string of the molecule is CC(C)(C)[C@H](N)c1cccc(CO)n1. The molecule has 0 aliphatic heterocycles. The maximum absolute atomic E-state index is 8.94. The Morgan fingerprint density at radius 2 is 2.07 bits per heavy atom. The minimum absolute atomic E-state index is 0.0128. The molecule has 1 atom stereocenters. The van der Waals surface area contributed by atoms with Gasteiger partial charge in [-0.3, -0.25) is 4.98 Å². The molecule has 3 heteroatoms. The zero-order valence-corrected chi connectivity index (χ0v) is 8.99. The van der Waals surface area contributed by atoms with E-state index in [1.165, 1.54) is 0 Å². The van der Waals surface area contributed by atoms with Crippen LogP contribution < -0.4 is 5.73 Å². The van der Waals surface area contributed by atoms with Gasteiger partial charge in [0.05, 0.1) is 24.0 Å². The molecule has 0 aromatic carbocycles. The van der Waals surface area contributed by atoms with Crippen LogP contribution in [0.15, 0.2) is 18.2 Å². The van der Waals surface area contributed by atoms with Crippen molar-refractivity contribution < 1.29 is 5.11 Å². The summed E-state index contributed by atoms with van der Waals surface area (Å²) in [6.45, 7) is 6.19. The summed E-state index contributed by atoms with van der Waals surface area (Å²) >= 11 is 0. The van der Waals surface area contributed by atoms with Gasteiger partial charge in [0.1, 0.15) is 0 Å². The van der Waals surface area contributed by atoms with Crippen LogP contribution in [0, 0.1) is 5.41 Å². The first-order chi connectivity index (χ1) is 6.45. The van der Waals surface area contributed by atoms with Crippen LogP contribution in [0.2, 0.25) is 0 Å². The van der Waals surface area contributed by atoms with Gasteiger partial charge in [-0.05, 0) is 17.5 Å². The maximum Gasteiger partial charge on any atom is 0.0853 e. The number of rotatable bonds is 2. The molecule has 1 aromatic heterocycles. The van der Waals surface area contributed by atoms with Crippen molar-refractivity contribution in [1.29, 1.82) is 0 Å². The second-order valence-corrected chi connectivity index (χ2v) is 4.56. The summed E-state index contributed by atoms with van der Waals surface area (Å²) in [4.78, 5) is 4.28. The lowest BCUT2D eigenvalue weighted by Gasteiger charge is -2.26. The summed E-state index contributed by atoms with van der Waals surface area (Å²) in [6, 6.07) is 5.46. The number of hydrogen-bond donors (Lipinski definition) is 2. The fraction of sp³-hybridized carbons (Fsp3) is 0.545. The van der Waals surface area contributed by atoms with Gasteiger partial charge < -0.3 is 10.8 Å².